The van der Waals surface area contributed by atoms with Gasteiger partial charge < -0.3 is 28.5 Å². The predicted octanol–water partition coefficient (Wildman–Crippen LogP) is 5.78. The van der Waals surface area contributed by atoms with Gasteiger partial charge in [-0.15, -0.1) is 0 Å². The van der Waals surface area contributed by atoms with Crippen LogP contribution in [0.25, 0.3) is 17.2 Å². The molecular formula is C35H50N3O8S2-. The molecule has 1 aliphatic heterocycles. The van der Waals surface area contributed by atoms with Crippen LogP contribution in [0.15, 0.2) is 58.9 Å². The highest BCUT2D eigenvalue weighted by atomic mass is 32.2. The smallest absolute Gasteiger partial charge is 0.374 e. The van der Waals surface area contributed by atoms with Crippen molar-refractivity contribution < 1.29 is 39.7 Å². The number of nitrogens with zero attached hydrogens (tertiary/aromatic N) is 2. The summed E-state index contributed by atoms with van der Waals surface area (Å²) < 4.78 is 80.7. The summed E-state index contributed by atoms with van der Waals surface area (Å²) in [5.74, 6) is 0.727. The van der Waals surface area contributed by atoms with Crippen molar-refractivity contribution in [2.75, 3.05) is 36.0 Å². The molecule has 2 aromatic carbocycles. The Bertz CT molecular complexity index is 1820. The lowest BCUT2D eigenvalue weighted by molar-refractivity contribution is -0.677. The molecule has 0 aliphatic carbocycles. The summed E-state index contributed by atoms with van der Waals surface area (Å²) in [6.45, 7) is 18.9. The van der Waals surface area contributed by atoms with Crippen molar-refractivity contribution in [3.63, 3.8) is 0 Å². The van der Waals surface area contributed by atoms with E-state index in [9.17, 15) is 25.9 Å². The lowest BCUT2D eigenvalue weighted by Crippen LogP contribution is -2.36. The van der Waals surface area contributed by atoms with Gasteiger partial charge in [-0.1, -0.05) is 45.9 Å². The van der Waals surface area contributed by atoms with Crippen molar-refractivity contribution >= 4 is 43.1 Å². The average molecular weight is 705 g/mol. The van der Waals surface area contributed by atoms with Gasteiger partial charge in [0.1, 0.15) is 0 Å². The summed E-state index contributed by atoms with van der Waals surface area (Å²) >= 11 is 0. The van der Waals surface area contributed by atoms with E-state index in [0.717, 1.165) is 46.5 Å². The van der Waals surface area contributed by atoms with Crippen molar-refractivity contribution in [3.05, 3.63) is 82.6 Å². The van der Waals surface area contributed by atoms with Gasteiger partial charge in [-0.05, 0) is 93.7 Å². The molecule has 0 amide bonds. The molecule has 0 unspecified atom stereocenters. The molecule has 0 atom stereocenters. The highest BCUT2D eigenvalue weighted by Crippen LogP contribution is 2.40. The minimum Gasteiger partial charge on any atom is -0.748 e. The maximum Gasteiger partial charge on any atom is 0.374 e. The largest absolute Gasteiger partial charge is 0.748 e. The Kier molecular flexibility index (Phi) is 16.0. The summed E-state index contributed by atoms with van der Waals surface area (Å²) in [7, 11) is -8.65. The van der Waals surface area contributed by atoms with Crippen LogP contribution >= 0.6 is 0 Å². The molecule has 11 nitrogen and oxygen atoms in total. The molecule has 0 bridgehead atoms. The fraction of sp³-hybridized carbons (Fsp3) is 0.457. The predicted molar refractivity (Wildman–Crippen MR) is 190 cm³/mol. The normalized spacial score (nSPS) is 13.9. The first-order valence-corrected chi connectivity index (χ1v) is 19.4. The quantitative estimate of drug-likeness (QED) is 0.132. The van der Waals surface area contributed by atoms with Crippen LogP contribution in [0.3, 0.4) is 0 Å². The highest BCUT2D eigenvalue weighted by molar-refractivity contribution is 7.85. The second kappa shape index (κ2) is 18.9. The molecule has 0 spiro atoms. The first kappa shape index (κ1) is 40.7. The van der Waals surface area contributed by atoms with E-state index in [1.54, 1.807) is 30.4 Å². The van der Waals surface area contributed by atoms with Gasteiger partial charge in [-0.3, -0.25) is 0 Å². The van der Waals surface area contributed by atoms with E-state index in [4.69, 9.17) is 9.15 Å². The molecule has 4 rings (SSSR count). The SMILES string of the molecule is CC.CCNCC.Cc1cc2c(cc1C)N(CCCS(=O)(=O)[O-])C(=CC=CC=Cc1oc3cc(C)c(C)cc3[n+]1CCCS(=O)(=O)[O-])O2. The Hall–Kier alpha value is -3.49. The number of aryl methyl sites for hydroxylation is 5. The fourth-order valence-electron chi connectivity index (χ4n) is 4.81. The molecule has 1 N–H and O–H groups in total. The summed E-state index contributed by atoms with van der Waals surface area (Å²) in [6.07, 6.45) is 9.10. The van der Waals surface area contributed by atoms with Gasteiger partial charge in [0.15, 0.2) is 12.3 Å². The second-order valence-electron chi connectivity index (χ2n) is 11.1. The third-order valence-electron chi connectivity index (χ3n) is 7.45. The van der Waals surface area contributed by atoms with E-state index in [1.807, 2.05) is 75.3 Å². The standard InChI is InChI=1S/C29H34N2O8S2.C4H11N.C2H6/c1-20-16-24-26(18-22(20)3)38-28(30(24)12-8-14-40(32,33)34)10-6-5-7-11-29-31(13-9-15-41(35,36)37)25-17-21(2)23(4)19-27(25)39-29;1-3-5-4-2;1-2/h5-7,10-11,16-19H,8-9,12-15H2,1-4H3,(H-,32,33,34,35,36,37);5H,3-4H2,1-2H3;1-2H3/p-1. The van der Waals surface area contributed by atoms with E-state index in [0.29, 0.717) is 36.2 Å². The van der Waals surface area contributed by atoms with Gasteiger partial charge >= 0.3 is 5.89 Å². The third kappa shape index (κ3) is 12.5. The van der Waals surface area contributed by atoms with Crippen molar-refractivity contribution in [1.82, 2.24) is 5.32 Å². The van der Waals surface area contributed by atoms with E-state index in [2.05, 4.69) is 19.2 Å². The lowest BCUT2D eigenvalue weighted by Gasteiger charge is -2.19. The van der Waals surface area contributed by atoms with Crippen LogP contribution in [0, 0.1) is 27.7 Å². The second-order valence-corrected chi connectivity index (χ2v) is 14.1. The Morgan fingerprint density at radius 2 is 1.40 bits per heavy atom. The summed E-state index contributed by atoms with van der Waals surface area (Å²) in [6, 6.07) is 7.80. The maximum absolute atomic E-state index is 11.1. The van der Waals surface area contributed by atoms with E-state index >= 15 is 0 Å². The Morgan fingerprint density at radius 1 is 0.812 bits per heavy atom. The molecule has 2 heterocycles. The lowest BCUT2D eigenvalue weighted by atomic mass is 10.1. The molecule has 3 aromatic rings. The Balaban J connectivity index is 0.00000105. The molecule has 1 aromatic heterocycles. The molecule has 0 radical (unpaired) electrons. The van der Waals surface area contributed by atoms with Gasteiger partial charge in [0.05, 0.1) is 32.0 Å². The number of allylic oxidation sites excluding steroid dienone is 4. The van der Waals surface area contributed by atoms with Gasteiger partial charge in [0.2, 0.25) is 11.5 Å². The Labute approximate surface area is 286 Å². The van der Waals surface area contributed by atoms with Crippen molar-refractivity contribution in [1.29, 1.82) is 0 Å². The number of nitrogens with one attached hydrogen (secondary N) is 1. The number of hydrogen-bond donors (Lipinski definition) is 1. The number of hydrogen-bond acceptors (Lipinski definition) is 10. The van der Waals surface area contributed by atoms with Crippen LogP contribution in [-0.4, -0.2) is 57.1 Å². The fourth-order valence-corrected chi connectivity index (χ4v) is 5.77. The van der Waals surface area contributed by atoms with Crippen LogP contribution in [-0.2, 0) is 26.8 Å². The Morgan fingerprint density at radius 3 is 2.00 bits per heavy atom. The molecule has 48 heavy (non-hydrogen) atoms. The zero-order valence-corrected chi connectivity index (χ0v) is 31.0. The molecule has 266 valence electrons. The average Bonchev–Trinajstić information content (AvgIpc) is 3.50. The molecule has 0 saturated heterocycles. The van der Waals surface area contributed by atoms with E-state index < -0.39 is 31.7 Å². The minimum atomic E-state index is -4.32. The highest BCUT2D eigenvalue weighted by Gasteiger charge is 2.26. The van der Waals surface area contributed by atoms with Crippen molar-refractivity contribution in [2.24, 2.45) is 0 Å². The van der Waals surface area contributed by atoms with Crippen LogP contribution in [0.5, 0.6) is 5.75 Å². The first-order valence-electron chi connectivity index (χ1n) is 16.3. The minimum absolute atomic E-state index is 0.154. The molecule has 0 fully saturated rings. The topological polar surface area (TPSA) is 156 Å². The summed E-state index contributed by atoms with van der Waals surface area (Å²) in [5, 5.41) is 3.11. The third-order valence-corrected chi connectivity index (χ3v) is 9.02. The first-order chi connectivity index (χ1) is 22.6. The summed E-state index contributed by atoms with van der Waals surface area (Å²) in [4.78, 5) is 1.85. The zero-order valence-electron chi connectivity index (χ0n) is 29.3. The number of fused-ring (bicyclic) bond motifs is 2. The van der Waals surface area contributed by atoms with E-state index in [-0.39, 0.29) is 12.8 Å². The summed E-state index contributed by atoms with van der Waals surface area (Å²) in [5.41, 5.74) is 6.51. The number of aromatic nitrogens is 1. The van der Waals surface area contributed by atoms with Gasteiger partial charge in [0.25, 0.3) is 5.52 Å². The van der Waals surface area contributed by atoms with Crippen molar-refractivity contribution in [2.45, 2.75) is 74.8 Å². The van der Waals surface area contributed by atoms with Crippen LogP contribution in [0.2, 0.25) is 0 Å². The monoisotopic (exact) mass is 704 g/mol. The maximum atomic E-state index is 11.1. The van der Waals surface area contributed by atoms with Gasteiger partial charge in [-0.25, -0.2) is 16.8 Å². The number of anilines is 1. The van der Waals surface area contributed by atoms with Gasteiger partial charge in [0, 0.05) is 30.5 Å². The van der Waals surface area contributed by atoms with Crippen LogP contribution in [0.4, 0.5) is 5.69 Å². The number of oxazole rings is 1. The van der Waals surface area contributed by atoms with Crippen LogP contribution < -0.4 is 19.5 Å². The number of ether oxygens (including phenoxy) is 1. The molecular weight excluding hydrogens is 655 g/mol. The van der Waals surface area contributed by atoms with Gasteiger partial charge in [-0.2, -0.15) is 4.57 Å². The van der Waals surface area contributed by atoms with Crippen molar-refractivity contribution in [3.8, 4) is 5.75 Å². The van der Waals surface area contributed by atoms with E-state index in [1.165, 1.54) is 0 Å². The molecule has 0 saturated carbocycles. The zero-order chi connectivity index (χ0) is 36.1. The number of benzene rings is 2. The molecule has 1 aliphatic rings. The number of rotatable bonds is 13. The van der Waals surface area contributed by atoms with Crippen LogP contribution in [0.1, 0.15) is 68.7 Å². The molecule has 13 heteroatoms.